The van der Waals surface area contributed by atoms with Crippen LogP contribution in [0.4, 0.5) is 0 Å². The first-order valence-electron chi connectivity index (χ1n) is 8.59. The first kappa shape index (κ1) is 22.0. The molecule has 1 amide bonds. The summed E-state index contributed by atoms with van der Waals surface area (Å²) in [4.78, 5) is 22.4. The van der Waals surface area contributed by atoms with Crippen molar-refractivity contribution in [3.63, 3.8) is 0 Å². The van der Waals surface area contributed by atoms with E-state index in [0.717, 1.165) is 51.4 Å². The van der Waals surface area contributed by atoms with Crippen LogP contribution in [0, 0.1) is 0 Å². The van der Waals surface area contributed by atoms with Crippen LogP contribution >= 0.6 is 35.3 Å². The van der Waals surface area contributed by atoms with Crippen molar-refractivity contribution < 1.29 is 4.79 Å². The van der Waals surface area contributed by atoms with Gasteiger partial charge in [-0.05, 0) is 43.2 Å². The molecule has 1 aliphatic rings. The minimum absolute atomic E-state index is 0. The summed E-state index contributed by atoms with van der Waals surface area (Å²) in [6.45, 7) is 9.20. The predicted octanol–water partition coefficient (Wildman–Crippen LogP) is 3.11. The molecule has 0 saturated carbocycles. The Labute approximate surface area is 172 Å². The number of fused-ring (bicyclic) bond motifs is 1. The summed E-state index contributed by atoms with van der Waals surface area (Å²) >= 11 is 1.79. The fourth-order valence-electron chi connectivity index (χ4n) is 2.75. The van der Waals surface area contributed by atoms with Crippen LogP contribution in [-0.4, -0.2) is 54.9 Å². The van der Waals surface area contributed by atoms with Gasteiger partial charge in [-0.15, -0.1) is 41.9 Å². The van der Waals surface area contributed by atoms with Crippen molar-refractivity contribution in [3.8, 4) is 0 Å². The highest BCUT2D eigenvalue weighted by Gasteiger charge is 2.21. The minimum atomic E-state index is 0. The topological polar surface area (TPSA) is 47.9 Å². The third kappa shape index (κ3) is 6.62. The van der Waals surface area contributed by atoms with Crippen molar-refractivity contribution in [1.29, 1.82) is 0 Å². The summed E-state index contributed by atoms with van der Waals surface area (Å²) in [7, 11) is 2.01. The van der Waals surface area contributed by atoms with E-state index >= 15 is 0 Å². The van der Waals surface area contributed by atoms with E-state index in [1.165, 1.54) is 10.4 Å². The van der Waals surface area contributed by atoms with E-state index in [9.17, 15) is 4.79 Å². The number of rotatable bonds is 7. The number of carbonyl (C=O) groups excluding carboxylic acids is 1. The molecule has 0 atom stereocenters. The van der Waals surface area contributed by atoms with Gasteiger partial charge in [-0.1, -0.05) is 6.08 Å². The molecule has 140 valence electrons. The largest absolute Gasteiger partial charge is 0.357 e. The van der Waals surface area contributed by atoms with Crippen molar-refractivity contribution in [2.75, 3.05) is 33.2 Å². The van der Waals surface area contributed by atoms with E-state index in [1.54, 1.807) is 11.3 Å². The number of carbonyl (C=O) groups is 1. The average molecular weight is 476 g/mol. The zero-order valence-corrected chi connectivity index (χ0v) is 18.3. The lowest BCUT2D eigenvalue weighted by molar-refractivity contribution is -0.130. The van der Waals surface area contributed by atoms with Crippen LogP contribution in [0.5, 0.6) is 0 Å². The number of halogens is 1. The Morgan fingerprint density at radius 3 is 3.08 bits per heavy atom. The van der Waals surface area contributed by atoms with Crippen molar-refractivity contribution in [3.05, 3.63) is 34.5 Å². The molecule has 7 heteroatoms. The maximum absolute atomic E-state index is 12.5. The Morgan fingerprint density at radius 2 is 2.36 bits per heavy atom. The lowest BCUT2D eigenvalue weighted by Crippen LogP contribution is -2.41. The molecule has 0 fully saturated rings. The second kappa shape index (κ2) is 11.5. The third-order valence-corrected chi connectivity index (χ3v) is 5.15. The highest BCUT2D eigenvalue weighted by Crippen LogP contribution is 2.23. The zero-order valence-electron chi connectivity index (χ0n) is 15.2. The molecule has 0 unspecified atom stereocenters. The van der Waals surface area contributed by atoms with Crippen LogP contribution in [0.15, 0.2) is 29.1 Å². The summed E-state index contributed by atoms with van der Waals surface area (Å²) in [6.07, 6.45) is 4.91. The number of unbranched alkanes of at least 4 members (excludes halogenated alkanes) is 1. The molecule has 0 bridgehead atoms. The summed E-state index contributed by atoms with van der Waals surface area (Å²) in [5, 5.41) is 5.37. The first-order chi connectivity index (χ1) is 11.7. The Morgan fingerprint density at radius 1 is 1.56 bits per heavy atom. The van der Waals surface area contributed by atoms with Crippen molar-refractivity contribution in [1.82, 2.24) is 15.1 Å². The normalized spacial score (nSPS) is 13.7. The lowest BCUT2D eigenvalue weighted by atomic mass is 10.1. The van der Waals surface area contributed by atoms with Gasteiger partial charge in [-0.25, -0.2) is 4.99 Å². The van der Waals surface area contributed by atoms with E-state index < -0.39 is 0 Å². The van der Waals surface area contributed by atoms with Crippen molar-refractivity contribution in [2.45, 2.75) is 32.7 Å². The molecule has 25 heavy (non-hydrogen) atoms. The molecule has 0 aromatic carbocycles. The standard InChI is InChI=1S/C18H28N4OS.HI/c1-4-6-7-10-21(3)18(19-5-2)20-13-17(23)22-11-8-16-15(14-22)9-12-24-16;/h4,9,12H,1,5-8,10-11,13-14H2,2-3H3,(H,19,20);1H. The molecule has 5 nitrogen and oxygen atoms in total. The van der Waals surface area contributed by atoms with Crippen LogP contribution < -0.4 is 5.32 Å². The quantitative estimate of drug-likeness (QED) is 0.216. The molecule has 2 rings (SSSR count). The second-order valence-corrected chi connectivity index (χ2v) is 6.96. The number of nitrogens with zero attached hydrogens (tertiary/aromatic N) is 3. The Kier molecular flexibility index (Phi) is 10.1. The highest BCUT2D eigenvalue weighted by molar-refractivity contribution is 14.0. The molecule has 0 radical (unpaired) electrons. The van der Waals surface area contributed by atoms with Gasteiger partial charge in [-0.3, -0.25) is 4.79 Å². The van der Waals surface area contributed by atoms with Crippen LogP contribution in [0.2, 0.25) is 0 Å². The van der Waals surface area contributed by atoms with E-state index in [4.69, 9.17) is 0 Å². The fourth-order valence-corrected chi connectivity index (χ4v) is 3.64. The third-order valence-electron chi connectivity index (χ3n) is 4.12. The molecule has 1 aromatic rings. The first-order valence-corrected chi connectivity index (χ1v) is 9.47. The van der Waals surface area contributed by atoms with Gasteiger partial charge in [0.05, 0.1) is 0 Å². The average Bonchev–Trinajstić information content (AvgIpc) is 3.06. The lowest BCUT2D eigenvalue weighted by Gasteiger charge is -2.27. The van der Waals surface area contributed by atoms with Crippen LogP contribution in [0.25, 0.3) is 0 Å². The second-order valence-electron chi connectivity index (χ2n) is 5.96. The molecule has 0 spiro atoms. The zero-order chi connectivity index (χ0) is 17.4. The van der Waals surface area contributed by atoms with E-state index in [1.807, 2.05) is 24.9 Å². The maximum Gasteiger partial charge on any atom is 0.244 e. The molecule has 1 aromatic heterocycles. The summed E-state index contributed by atoms with van der Waals surface area (Å²) in [5.74, 6) is 0.893. The van der Waals surface area contributed by atoms with Gasteiger partial charge in [0.1, 0.15) is 6.54 Å². The van der Waals surface area contributed by atoms with Crippen molar-refractivity contribution >= 4 is 47.2 Å². The minimum Gasteiger partial charge on any atom is -0.357 e. The number of nitrogens with one attached hydrogen (secondary N) is 1. The summed E-state index contributed by atoms with van der Waals surface area (Å²) in [6, 6.07) is 2.13. The Balaban J connectivity index is 0.00000312. The van der Waals surface area contributed by atoms with Gasteiger partial charge in [-0.2, -0.15) is 0 Å². The number of guanidine groups is 1. The fraction of sp³-hybridized carbons (Fsp3) is 0.556. The van der Waals surface area contributed by atoms with Crippen LogP contribution in [0.1, 0.15) is 30.2 Å². The number of thiophene rings is 1. The smallest absolute Gasteiger partial charge is 0.244 e. The molecular weight excluding hydrogens is 447 g/mol. The SMILES string of the molecule is C=CCCCN(C)C(=NCC(=O)N1CCc2sccc2C1)NCC.I. The van der Waals surface area contributed by atoms with Crippen LogP contribution in [0.3, 0.4) is 0 Å². The Bertz CT molecular complexity index is 587. The van der Waals surface area contributed by atoms with E-state index in [-0.39, 0.29) is 36.4 Å². The summed E-state index contributed by atoms with van der Waals surface area (Å²) in [5.41, 5.74) is 1.29. The number of aliphatic imine (C=N–C) groups is 1. The van der Waals surface area contributed by atoms with E-state index in [2.05, 4.69) is 33.2 Å². The van der Waals surface area contributed by atoms with Gasteiger partial charge < -0.3 is 15.1 Å². The van der Waals surface area contributed by atoms with Gasteiger partial charge in [0.2, 0.25) is 5.91 Å². The van der Waals surface area contributed by atoms with Gasteiger partial charge in [0, 0.05) is 38.1 Å². The summed E-state index contributed by atoms with van der Waals surface area (Å²) < 4.78 is 0. The number of amides is 1. The Hall–Kier alpha value is -1.09. The number of allylic oxidation sites excluding steroid dienone is 1. The van der Waals surface area contributed by atoms with Gasteiger partial charge >= 0.3 is 0 Å². The molecule has 1 aliphatic heterocycles. The van der Waals surface area contributed by atoms with E-state index in [0.29, 0.717) is 0 Å². The maximum atomic E-state index is 12.5. The number of hydrogen-bond donors (Lipinski definition) is 1. The number of hydrogen-bond acceptors (Lipinski definition) is 3. The molecule has 2 heterocycles. The molecule has 0 saturated heterocycles. The van der Waals surface area contributed by atoms with Crippen LogP contribution in [-0.2, 0) is 17.8 Å². The molecular formula is C18H29IN4OS. The predicted molar refractivity (Wildman–Crippen MR) is 117 cm³/mol. The van der Waals surface area contributed by atoms with Crippen molar-refractivity contribution in [2.24, 2.45) is 4.99 Å². The molecule has 0 aliphatic carbocycles. The van der Waals surface area contributed by atoms with Gasteiger partial charge in [0.25, 0.3) is 0 Å². The monoisotopic (exact) mass is 476 g/mol. The van der Waals surface area contributed by atoms with Gasteiger partial charge in [0.15, 0.2) is 5.96 Å². The highest BCUT2D eigenvalue weighted by atomic mass is 127. The molecule has 1 N–H and O–H groups in total.